The number of sulfonamides is 1. The minimum absolute atomic E-state index is 0.120. The van der Waals surface area contributed by atoms with Crippen LogP contribution in [0.15, 0.2) is 71.9 Å². The van der Waals surface area contributed by atoms with E-state index < -0.39 is 10.0 Å². The van der Waals surface area contributed by atoms with E-state index in [1.165, 1.54) is 12.1 Å². The van der Waals surface area contributed by atoms with E-state index in [4.69, 9.17) is 0 Å². The quantitative estimate of drug-likeness (QED) is 0.528. The highest BCUT2D eigenvalue weighted by molar-refractivity contribution is 7.89. The van der Waals surface area contributed by atoms with E-state index in [2.05, 4.69) is 9.97 Å². The number of nitrogens with zero attached hydrogens (tertiary/aromatic N) is 3. The maximum atomic E-state index is 13.7. The molecule has 1 saturated heterocycles. The number of halogens is 1. The summed E-state index contributed by atoms with van der Waals surface area (Å²) in [6, 6.07) is 14.5. The van der Waals surface area contributed by atoms with Crippen molar-refractivity contribution in [2.24, 2.45) is 0 Å². The van der Waals surface area contributed by atoms with Gasteiger partial charge in [0.15, 0.2) is 0 Å². The molecular formula is C24H26FN3O2S. The Balaban J connectivity index is 1.60. The molecule has 3 aromatic rings. The molecule has 2 aromatic carbocycles. The summed E-state index contributed by atoms with van der Waals surface area (Å²) in [7, 11) is -3.70. The van der Waals surface area contributed by atoms with E-state index in [1.807, 2.05) is 19.1 Å². The van der Waals surface area contributed by atoms with E-state index in [-0.39, 0.29) is 17.9 Å². The van der Waals surface area contributed by atoms with Crippen LogP contribution in [-0.2, 0) is 16.4 Å². The first-order valence-corrected chi connectivity index (χ1v) is 12.0. The molecule has 0 spiro atoms. The molecule has 162 valence electrons. The van der Waals surface area contributed by atoms with Crippen molar-refractivity contribution in [3.8, 4) is 0 Å². The third-order valence-electron chi connectivity index (χ3n) is 5.85. The van der Waals surface area contributed by atoms with Crippen molar-refractivity contribution in [3.63, 3.8) is 0 Å². The lowest BCUT2D eigenvalue weighted by molar-refractivity contribution is 0.309. The molecule has 7 heteroatoms. The molecule has 5 nitrogen and oxygen atoms in total. The zero-order chi connectivity index (χ0) is 21.8. The molecule has 1 aromatic heterocycles. The van der Waals surface area contributed by atoms with Crippen molar-refractivity contribution in [1.82, 2.24) is 14.3 Å². The van der Waals surface area contributed by atoms with Crippen LogP contribution in [0.3, 0.4) is 0 Å². The smallest absolute Gasteiger partial charge is 0.241 e. The van der Waals surface area contributed by atoms with Crippen LogP contribution in [-0.4, -0.2) is 28.7 Å². The zero-order valence-electron chi connectivity index (χ0n) is 17.5. The van der Waals surface area contributed by atoms with Crippen LogP contribution in [0.4, 0.5) is 4.39 Å². The van der Waals surface area contributed by atoms with Crippen molar-refractivity contribution < 1.29 is 12.8 Å². The van der Waals surface area contributed by atoms with Gasteiger partial charge in [-0.2, -0.15) is 4.31 Å². The second-order valence-corrected chi connectivity index (χ2v) is 9.85. The fourth-order valence-electron chi connectivity index (χ4n) is 4.28. The molecule has 1 aliphatic rings. The van der Waals surface area contributed by atoms with Gasteiger partial charge in [-0.05, 0) is 68.5 Å². The van der Waals surface area contributed by atoms with E-state index >= 15 is 0 Å². The molecule has 4 rings (SSSR count). The summed E-state index contributed by atoms with van der Waals surface area (Å²) < 4.78 is 42.5. The van der Waals surface area contributed by atoms with Gasteiger partial charge in [0.05, 0.1) is 10.9 Å². The van der Waals surface area contributed by atoms with Gasteiger partial charge in [-0.15, -0.1) is 0 Å². The molecule has 2 unspecified atom stereocenters. The molecule has 31 heavy (non-hydrogen) atoms. The van der Waals surface area contributed by atoms with Crippen LogP contribution in [0.1, 0.15) is 48.7 Å². The lowest BCUT2D eigenvalue weighted by atomic mass is 10.0. The number of rotatable bonds is 7. The van der Waals surface area contributed by atoms with Crippen molar-refractivity contribution in [1.29, 1.82) is 0 Å². The van der Waals surface area contributed by atoms with Gasteiger partial charge in [0.25, 0.3) is 0 Å². The Kier molecular flexibility index (Phi) is 6.43. The molecule has 0 aliphatic carbocycles. The molecule has 0 radical (unpaired) electrons. The third-order valence-corrected chi connectivity index (χ3v) is 7.82. The maximum absolute atomic E-state index is 13.7. The fourth-order valence-corrected chi connectivity index (χ4v) is 6.17. The zero-order valence-corrected chi connectivity index (χ0v) is 18.3. The first-order valence-electron chi connectivity index (χ1n) is 10.6. The first-order chi connectivity index (χ1) is 14.9. The van der Waals surface area contributed by atoms with Gasteiger partial charge in [-0.3, -0.25) is 0 Å². The summed E-state index contributed by atoms with van der Waals surface area (Å²) >= 11 is 0. The Bertz CT molecular complexity index is 1100. The summed E-state index contributed by atoms with van der Waals surface area (Å²) in [5, 5.41) is 0. The highest BCUT2D eigenvalue weighted by atomic mass is 32.2. The summed E-state index contributed by atoms with van der Waals surface area (Å²) in [4.78, 5) is 8.81. The molecular weight excluding hydrogens is 413 g/mol. The number of hydrogen-bond acceptors (Lipinski definition) is 4. The van der Waals surface area contributed by atoms with Crippen molar-refractivity contribution in [2.45, 2.75) is 56.0 Å². The van der Waals surface area contributed by atoms with Gasteiger partial charge >= 0.3 is 0 Å². The summed E-state index contributed by atoms with van der Waals surface area (Å²) in [6.07, 6.45) is 7.14. The molecule has 2 heterocycles. The molecule has 0 amide bonds. The SMILES string of the molecule is Cc1ccc(S(=O)(=O)N2C(CCCc3ncccn3)CCC2c2ccc(F)cc2)cc1. The van der Waals surface area contributed by atoms with Crippen molar-refractivity contribution in [3.05, 3.63) is 89.8 Å². The van der Waals surface area contributed by atoms with Gasteiger partial charge in [-0.1, -0.05) is 29.8 Å². The summed E-state index contributed by atoms with van der Waals surface area (Å²) in [5.74, 6) is 0.442. The highest BCUT2D eigenvalue weighted by Crippen LogP contribution is 2.42. The second kappa shape index (κ2) is 9.24. The second-order valence-electron chi connectivity index (χ2n) is 8.00. The van der Waals surface area contributed by atoms with Crippen molar-refractivity contribution in [2.75, 3.05) is 0 Å². The average Bonchev–Trinajstić information content (AvgIpc) is 3.20. The molecule has 0 saturated carbocycles. The van der Waals surface area contributed by atoms with Gasteiger partial charge in [-0.25, -0.2) is 22.8 Å². The van der Waals surface area contributed by atoms with Gasteiger partial charge < -0.3 is 0 Å². The normalized spacial score (nSPS) is 19.5. The average molecular weight is 440 g/mol. The fraction of sp³-hybridized carbons (Fsp3) is 0.333. The monoisotopic (exact) mass is 439 g/mol. The Morgan fingerprint density at radius 2 is 1.68 bits per heavy atom. The van der Waals surface area contributed by atoms with Crippen LogP contribution < -0.4 is 0 Å². The first kappa shape index (κ1) is 21.6. The molecule has 2 atom stereocenters. The molecule has 1 aliphatic heterocycles. The van der Waals surface area contributed by atoms with E-state index in [0.717, 1.165) is 36.2 Å². The molecule has 0 bridgehead atoms. The van der Waals surface area contributed by atoms with E-state index in [9.17, 15) is 12.8 Å². The predicted molar refractivity (Wildman–Crippen MR) is 117 cm³/mol. The number of hydrogen-bond donors (Lipinski definition) is 0. The lowest BCUT2D eigenvalue weighted by Crippen LogP contribution is -2.37. The Morgan fingerprint density at radius 3 is 2.35 bits per heavy atom. The van der Waals surface area contributed by atoms with E-state index in [0.29, 0.717) is 17.7 Å². The number of aryl methyl sites for hydroxylation is 2. The van der Waals surface area contributed by atoms with Gasteiger partial charge in [0, 0.05) is 24.9 Å². The van der Waals surface area contributed by atoms with Gasteiger partial charge in [0.1, 0.15) is 11.6 Å². The Hall–Kier alpha value is -2.64. The van der Waals surface area contributed by atoms with Crippen LogP contribution in [0, 0.1) is 12.7 Å². The van der Waals surface area contributed by atoms with Crippen LogP contribution >= 0.6 is 0 Å². The largest absolute Gasteiger partial charge is 0.243 e. The van der Waals surface area contributed by atoms with Crippen LogP contribution in [0.25, 0.3) is 0 Å². The summed E-state index contributed by atoms with van der Waals surface area (Å²) in [6.45, 7) is 1.93. The summed E-state index contributed by atoms with van der Waals surface area (Å²) in [5.41, 5.74) is 1.83. The minimum Gasteiger partial charge on any atom is -0.241 e. The van der Waals surface area contributed by atoms with Gasteiger partial charge in [0.2, 0.25) is 10.0 Å². The predicted octanol–water partition coefficient (Wildman–Crippen LogP) is 4.84. The number of benzene rings is 2. The van der Waals surface area contributed by atoms with Crippen molar-refractivity contribution >= 4 is 10.0 Å². The highest BCUT2D eigenvalue weighted by Gasteiger charge is 2.42. The topological polar surface area (TPSA) is 63.2 Å². The minimum atomic E-state index is -3.70. The lowest BCUT2D eigenvalue weighted by Gasteiger charge is -2.30. The standard InChI is InChI=1S/C24H26FN3O2S/c1-18-6-13-22(14-7-18)31(29,30)28-21(4-2-5-24-26-16-3-17-27-24)12-15-23(28)19-8-10-20(25)11-9-19/h3,6-11,13-14,16-17,21,23H,2,4-5,12,15H2,1H3. The Labute approximate surface area is 183 Å². The van der Waals surface area contributed by atoms with E-state index in [1.54, 1.807) is 47.0 Å². The Morgan fingerprint density at radius 1 is 1.00 bits per heavy atom. The van der Waals surface area contributed by atoms with Crippen LogP contribution in [0.2, 0.25) is 0 Å². The molecule has 1 fully saturated rings. The van der Waals surface area contributed by atoms with Crippen LogP contribution in [0.5, 0.6) is 0 Å². The maximum Gasteiger partial charge on any atom is 0.243 e. The number of aromatic nitrogens is 2. The third kappa shape index (κ3) is 4.83. The molecule has 0 N–H and O–H groups in total.